The summed E-state index contributed by atoms with van der Waals surface area (Å²) in [5.74, 6) is 0. The maximum atomic E-state index is 8.88. The van der Waals surface area contributed by atoms with Crippen LogP contribution in [-0.2, 0) is 11.4 Å². The zero-order valence-electron chi connectivity index (χ0n) is 9.23. The summed E-state index contributed by atoms with van der Waals surface area (Å²) in [5.41, 5.74) is 1.62. The summed E-state index contributed by atoms with van der Waals surface area (Å²) in [6.45, 7) is 6.25. The first kappa shape index (κ1) is 11.7. The minimum Gasteiger partial charge on any atom is -0.294 e. The molecule has 0 heterocycles. The second kappa shape index (κ2) is 6.18. The molecule has 0 spiro atoms. The Labute approximate surface area is 90.8 Å². The fourth-order valence-electron chi connectivity index (χ4n) is 1.32. The van der Waals surface area contributed by atoms with Crippen LogP contribution in [0, 0.1) is 11.3 Å². The smallest absolute Gasteiger partial charge is 0.0995 e. The zero-order valence-corrected chi connectivity index (χ0v) is 9.23. The fraction of sp³-hybridized carbons (Fsp3) is 0.417. The van der Waals surface area contributed by atoms with Gasteiger partial charge in [-0.25, -0.2) is 0 Å². The van der Waals surface area contributed by atoms with Gasteiger partial charge in [0.2, 0.25) is 0 Å². The molecule has 3 heteroatoms. The highest BCUT2D eigenvalue weighted by molar-refractivity contribution is 5.36. The van der Waals surface area contributed by atoms with E-state index >= 15 is 0 Å². The molecule has 0 unspecified atom stereocenters. The van der Waals surface area contributed by atoms with Crippen molar-refractivity contribution in [3.63, 3.8) is 0 Å². The van der Waals surface area contributed by atoms with Crippen LogP contribution in [0.2, 0.25) is 0 Å². The number of nitriles is 1. The molecular formula is C12H16N2O. The molecule has 1 rings (SSSR count). The molecular weight excluding hydrogens is 188 g/mol. The minimum absolute atomic E-state index is 0.464. The summed E-state index contributed by atoms with van der Waals surface area (Å²) in [7, 11) is 0. The molecule has 0 fully saturated rings. The fourth-order valence-corrected chi connectivity index (χ4v) is 1.32. The van der Waals surface area contributed by atoms with Gasteiger partial charge < -0.3 is 0 Å². The van der Waals surface area contributed by atoms with Crippen molar-refractivity contribution in [3.05, 3.63) is 35.4 Å². The van der Waals surface area contributed by atoms with Crippen LogP contribution in [0.1, 0.15) is 25.0 Å². The van der Waals surface area contributed by atoms with E-state index in [-0.39, 0.29) is 0 Å². The molecule has 0 aromatic heterocycles. The molecule has 0 radical (unpaired) electrons. The Morgan fingerprint density at radius 1 is 1.27 bits per heavy atom. The third-order valence-corrected chi connectivity index (χ3v) is 2.25. The third kappa shape index (κ3) is 3.35. The molecule has 15 heavy (non-hydrogen) atoms. The van der Waals surface area contributed by atoms with Gasteiger partial charge in [-0.2, -0.15) is 10.3 Å². The first-order chi connectivity index (χ1) is 7.31. The average molecular weight is 204 g/mol. The van der Waals surface area contributed by atoms with E-state index in [1.807, 2.05) is 37.1 Å². The van der Waals surface area contributed by atoms with Crippen molar-refractivity contribution >= 4 is 0 Å². The van der Waals surface area contributed by atoms with Crippen molar-refractivity contribution in [2.45, 2.75) is 20.5 Å². The van der Waals surface area contributed by atoms with Gasteiger partial charge in [-0.3, -0.25) is 4.84 Å². The summed E-state index contributed by atoms with van der Waals surface area (Å²) >= 11 is 0. The second-order valence-corrected chi connectivity index (χ2v) is 3.16. The highest BCUT2D eigenvalue weighted by Crippen LogP contribution is 2.09. The van der Waals surface area contributed by atoms with E-state index in [0.717, 1.165) is 18.7 Å². The van der Waals surface area contributed by atoms with Gasteiger partial charge in [0.25, 0.3) is 0 Å². The van der Waals surface area contributed by atoms with Crippen molar-refractivity contribution in [2.24, 2.45) is 0 Å². The Morgan fingerprint density at radius 2 is 1.93 bits per heavy atom. The lowest BCUT2D eigenvalue weighted by atomic mass is 10.1. The molecule has 0 aliphatic carbocycles. The van der Waals surface area contributed by atoms with Gasteiger partial charge in [0.15, 0.2) is 0 Å². The van der Waals surface area contributed by atoms with E-state index in [2.05, 4.69) is 6.07 Å². The first-order valence-electron chi connectivity index (χ1n) is 5.17. The number of hydrogen-bond donors (Lipinski definition) is 0. The van der Waals surface area contributed by atoms with Gasteiger partial charge in [0.05, 0.1) is 18.2 Å². The number of hydrogen-bond acceptors (Lipinski definition) is 3. The first-order valence-corrected chi connectivity index (χ1v) is 5.17. The van der Waals surface area contributed by atoms with E-state index in [9.17, 15) is 0 Å². The maximum absolute atomic E-state index is 8.88. The summed E-state index contributed by atoms with van der Waals surface area (Å²) < 4.78 is 0. The van der Waals surface area contributed by atoms with Crippen LogP contribution in [0.4, 0.5) is 0 Å². The van der Waals surface area contributed by atoms with Crippen molar-refractivity contribution in [2.75, 3.05) is 13.1 Å². The van der Waals surface area contributed by atoms with Crippen LogP contribution in [0.3, 0.4) is 0 Å². The van der Waals surface area contributed by atoms with Gasteiger partial charge in [0.1, 0.15) is 0 Å². The quantitative estimate of drug-likeness (QED) is 0.691. The topological polar surface area (TPSA) is 36.3 Å². The normalized spacial score (nSPS) is 10.3. The van der Waals surface area contributed by atoms with Gasteiger partial charge in [-0.05, 0) is 11.6 Å². The Kier molecular flexibility index (Phi) is 4.82. The lowest BCUT2D eigenvalue weighted by molar-refractivity contribution is -0.163. The van der Waals surface area contributed by atoms with E-state index in [1.54, 1.807) is 6.07 Å². The highest BCUT2D eigenvalue weighted by atomic mass is 16.7. The van der Waals surface area contributed by atoms with Crippen LogP contribution < -0.4 is 0 Å². The largest absolute Gasteiger partial charge is 0.294 e. The van der Waals surface area contributed by atoms with Gasteiger partial charge in [-0.1, -0.05) is 32.0 Å². The maximum Gasteiger partial charge on any atom is 0.0995 e. The molecule has 80 valence electrons. The average Bonchev–Trinajstić information content (AvgIpc) is 2.31. The van der Waals surface area contributed by atoms with Gasteiger partial charge >= 0.3 is 0 Å². The number of rotatable bonds is 5. The lowest BCUT2D eigenvalue weighted by Gasteiger charge is -2.17. The number of nitrogens with zero attached hydrogens (tertiary/aromatic N) is 2. The summed E-state index contributed by atoms with van der Waals surface area (Å²) in [6.07, 6.45) is 0. The Hall–Kier alpha value is -1.37. The molecule has 3 nitrogen and oxygen atoms in total. The molecule has 0 atom stereocenters. The number of hydroxylamine groups is 2. The number of benzene rings is 1. The zero-order chi connectivity index (χ0) is 11.1. The van der Waals surface area contributed by atoms with Gasteiger partial charge in [0, 0.05) is 13.1 Å². The predicted molar refractivity (Wildman–Crippen MR) is 58.9 cm³/mol. The summed E-state index contributed by atoms with van der Waals surface area (Å²) in [5, 5.41) is 10.7. The van der Waals surface area contributed by atoms with Crippen molar-refractivity contribution < 1.29 is 4.84 Å². The van der Waals surface area contributed by atoms with Crippen molar-refractivity contribution in [3.8, 4) is 6.07 Å². The molecule has 0 aliphatic rings. The van der Waals surface area contributed by atoms with E-state index < -0.39 is 0 Å². The summed E-state index contributed by atoms with van der Waals surface area (Å²) in [6, 6.07) is 9.66. The predicted octanol–water partition coefficient (Wildman–Crippen LogP) is 2.33. The Bertz CT molecular complexity index is 340. The van der Waals surface area contributed by atoms with Crippen molar-refractivity contribution in [1.29, 1.82) is 5.26 Å². The van der Waals surface area contributed by atoms with Crippen LogP contribution in [-0.4, -0.2) is 18.2 Å². The Morgan fingerprint density at radius 3 is 2.53 bits per heavy atom. The molecule has 0 N–H and O–H groups in total. The van der Waals surface area contributed by atoms with Crippen molar-refractivity contribution in [1.82, 2.24) is 5.06 Å². The van der Waals surface area contributed by atoms with Crippen LogP contribution in [0.5, 0.6) is 0 Å². The van der Waals surface area contributed by atoms with E-state index in [4.69, 9.17) is 10.1 Å². The Balaban J connectivity index is 2.61. The lowest BCUT2D eigenvalue weighted by Crippen LogP contribution is -2.23. The molecule has 1 aromatic carbocycles. The monoisotopic (exact) mass is 204 g/mol. The molecule has 1 aromatic rings. The van der Waals surface area contributed by atoms with E-state index in [1.165, 1.54) is 0 Å². The standard InChI is InChI=1S/C12H16N2O/c1-3-14(4-2)15-10-12-8-6-5-7-11(12)9-13/h5-8H,3-4,10H2,1-2H3. The third-order valence-electron chi connectivity index (χ3n) is 2.25. The summed E-state index contributed by atoms with van der Waals surface area (Å²) in [4.78, 5) is 5.55. The minimum atomic E-state index is 0.464. The van der Waals surface area contributed by atoms with E-state index in [0.29, 0.717) is 12.2 Å². The second-order valence-electron chi connectivity index (χ2n) is 3.16. The molecule has 0 saturated carbocycles. The molecule has 0 aliphatic heterocycles. The van der Waals surface area contributed by atoms with Crippen LogP contribution in [0.15, 0.2) is 24.3 Å². The highest BCUT2D eigenvalue weighted by Gasteiger charge is 2.03. The molecule has 0 bridgehead atoms. The SMILES string of the molecule is CCN(CC)OCc1ccccc1C#N. The van der Waals surface area contributed by atoms with Crippen LogP contribution >= 0.6 is 0 Å². The molecule has 0 saturated heterocycles. The van der Waals surface area contributed by atoms with Crippen LogP contribution in [0.25, 0.3) is 0 Å². The molecule has 0 amide bonds. The van der Waals surface area contributed by atoms with Gasteiger partial charge in [-0.15, -0.1) is 0 Å².